The molecule has 2 atom stereocenters. The van der Waals surface area contributed by atoms with E-state index < -0.39 is 35.0 Å². The minimum Gasteiger partial charge on any atom is -0.492 e. The summed E-state index contributed by atoms with van der Waals surface area (Å²) in [5, 5.41) is 18.1. The number of carboxylic acid groups (broad SMARTS) is 1. The normalized spacial score (nSPS) is 20.9. The number of aromatic carboxylic acids is 1. The van der Waals surface area contributed by atoms with Gasteiger partial charge in [0.2, 0.25) is 5.43 Å². The highest BCUT2D eigenvalue weighted by Crippen LogP contribution is 2.45. The second-order valence-electron chi connectivity index (χ2n) is 8.20. The lowest BCUT2D eigenvalue weighted by molar-refractivity contribution is 0.0694. The van der Waals surface area contributed by atoms with E-state index in [1.807, 2.05) is 4.90 Å². The lowest BCUT2D eigenvalue weighted by Gasteiger charge is -2.37. The van der Waals surface area contributed by atoms with Gasteiger partial charge < -0.3 is 29.2 Å². The summed E-state index contributed by atoms with van der Waals surface area (Å²) in [6, 6.07) is 0.401. The molecule has 1 aliphatic carbocycles. The molecule has 33 heavy (non-hydrogen) atoms. The average Bonchev–Trinajstić information content (AvgIpc) is 3.53. The molecule has 1 aromatic carbocycles. The van der Waals surface area contributed by atoms with E-state index in [2.05, 4.69) is 4.90 Å². The topological polar surface area (TPSA) is 104 Å². The summed E-state index contributed by atoms with van der Waals surface area (Å²) in [6.45, 7) is 3.69. The Morgan fingerprint density at radius 1 is 1.24 bits per heavy atom. The van der Waals surface area contributed by atoms with Crippen molar-refractivity contribution in [2.75, 3.05) is 64.6 Å². The maximum atomic E-state index is 15.3. The molecular formula is C22H27F2N3O6. The first-order valence-corrected chi connectivity index (χ1v) is 10.9. The van der Waals surface area contributed by atoms with Crippen LogP contribution >= 0.6 is 0 Å². The van der Waals surface area contributed by atoms with E-state index in [0.717, 1.165) is 12.3 Å². The standard InChI is InChI=1S/C22H27F2N3O6/c1-32-21-18-13(20(29)14(22(30)31)12-27(18)17-11-15(17)23)10-16(24)19(21)26-4-2-25(3-5-26)6-8-33-9-7-28/h10,12,15,17,28H,2-9,11H2,1H3,(H,30,31). The molecule has 2 unspecified atom stereocenters. The smallest absolute Gasteiger partial charge is 0.341 e. The third-order valence-corrected chi connectivity index (χ3v) is 6.15. The molecule has 1 saturated carbocycles. The molecule has 2 fully saturated rings. The van der Waals surface area contributed by atoms with Crippen LogP contribution < -0.4 is 15.1 Å². The van der Waals surface area contributed by atoms with Gasteiger partial charge in [-0.15, -0.1) is 0 Å². The number of benzene rings is 1. The molecule has 9 nitrogen and oxygen atoms in total. The minimum absolute atomic E-state index is 0.0299. The van der Waals surface area contributed by atoms with Gasteiger partial charge in [0.1, 0.15) is 17.4 Å². The van der Waals surface area contributed by atoms with E-state index in [0.29, 0.717) is 39.3 Å². The monoisotopic (exact) mass is 467 g/mol. The maximum absolute atomic E-state index is 15.3. The van der Waals surface area contributed by atoms with Crippen LogP contribution in [0.5, 0.6) is 5.75 Å². The van der Waals surface area contributed by atoms with Gasteiger partial charge in [-0.3, -0.25) is 9.69 Å². The predicted molar refractivity (Wildman–Crippen MR) is 117 cm³/mol. The van der Waals surface area contributed by atoms with Crippen molar-refractivity contribution in [3.05, 3.63) is 33.9 Å². The van der Waals surface area contributed by atoms with Crippen molar-refractivity contribution in [1.29, 1.82) is 0 Å². The number of carboxylic acids is 1. The van der Waals surface area contributed by atoms with Crippen molar-refractivity contribution >= 4 is 22.6 Å². The Morgan fingerprint density at radius 3 is 2.52 bits per heavy atom. The molecule has 0 radical (unpaired) electrons. The van der Waals surface area contributed by atoms with E-state index in [1.54, 1.807) is 0 Å². The number of nitrogens with zero attached hydrogens (tertiary/aromatic N) is 3. The number of fused-ring (bicyclic) bond motifs is 1. The lowest BCUT2D eigenvalue weighted by Crippen LogP contribution is -2.47. The fraction of sp³-hybridized carbons (Fsp3) is 0.545. The average molecular weight is 467 g/mol. The molecular weight excluding hydrogens is 440 g/mol. The van der Waals surface area contributed by atoms with Crippen molar-refractivity contribution in [2.45, 2.75) is 18.6 Å². The minimum atomic E-state index is -1.45. The zero-order chi connectivity index (χ0) is 23.7. The molecule has 11 heteroatoms. The number of halogens is 2. The highest BCUT2D eigenvalue weighted by atomic mass is 19.1. The molecule has 2 aliphatic rings. The van der Waals surface area contributed by atoms with Gasteiger partial charge >= 0.3 is 5.97 Å². The Labute approximate surface area is 188 Å². The van der Waals surface area contributed by atoms with Gasteiger partial charge in [-0.2, -0.15) is 0 Å². The molecule has 0 amide bonds. The largest absolute Gasteiger partial charge is 0.492 e. The molecule has 180 valence electrons. The number of aliphatic hydroxyl groups excluding tert-OH is 1. The third-order valence-electron chi connectivity index (χ3n) is 6.15. The molecule has 4 rings (SSSR count). The first-order chi connectivity index (χ1) is 15.9. The predicted octanol–water partition coefficient (Wildman–Crippen LogP) is 1.26. The zero-order valence-corrected chi connectivity index (χ0v) is 18.3. The van der Waals surface area contributed by atoms with Crippen LogP contribution in [0.1, 0.15) is 22.8 Å². The van der Waals surface area contributed by atoms with Crippen molar-refractivity contribution in [3.63, 3.8) is 0 Å². The fourth-order valence-corrected chi connectivity index (χ4v) is 4.34. The lowest BCUT2D eigenvalue weighted by atomic mass is 10.1. The fourth-order valence-electron chi connectivity index (χ4n) is 4.34. The Kier molecular flexibility index (Phi) is 6.82. The van der Waals surface area contributed by atoms with Crippen LogP contribution in [-0.4, -0.2) is 91.5 Å². The number of hydrogen-bond donors (Lipinski definition) is 2. The number of pyridine rings is 1. The molecule has 2 heterocycles. The molecule has 1 aromatic heterocycles. The summed E-state index contributed by atoms with van der Waals surface area (Å²) in [7, 11) is 1.35. The summed E-state index contributed by atoms with van der Waals surface area (Å²) in [4.78, 5) is 28.3. The Bertz CT molecular complexity index is 1100. The Hall–Kier alpha value is -2.76. The van der Waals surface area contributed by atoms with Gasteiger partial charge in [-0.1, -0.05) is 0 Å². The number of hydrogen-bond acceptors (Lipinski definition) is 7. The van der Waals surface area contributed by atoms with E-state index in [-0.39, 0.29) is 42.0 Å². The molecule has 1 aliphatic heterocycles. The number of anilines is 1. The SMILES string of the molecule is COc1c(N2CCN(CCOCCO)CC2)c(F)cc2c(=O)c(C(=O)O)cn(C3CC3F)c12. The van der Waals surface area contributed by atoms with Crippen LogP contribution in [0, 0.1) is 5.82 Å². The maximum Gasteiger partial charge on any atom is 0.341 e. The summed E-state index contributed by atoms with van der Waals surface area (Å²) >= 11 is 0. The highest BCUT2D eigenvalue weighted by Gasteiger charge is 2.41. The van der Waals surface area contributed by atoms with Crippen LogP contribution in [0.4, 0.5) is 14.5 Å². The second-order valence-corrected chi connectivity index (χ2v) is 8.20. The number of aromatic nitrogens is 1. The summed E-state index contributed by atoms with van der Waals surface area (Å²) in [5.41, 5.74) is -0.989. The number of carbonyl (C=O) groups is 1. The van der Waals surface area contributed by atoms with E-state index in [9.17, 15) is 19.1 Å². The van der Waals surface area contributed by atoms with Crippen LogP contribution in [-0.2, 0) is 4.74 Å². The number of methoxy groups -OCH3 is 1. The molecule has 2 N–H and O–H groups in total. The van der Waals surface area contributed by atoms with Crippen molar-refractivity contribution in [3.8, 4) is 5.75 Å². The summed E-state index contributed by atoms with van der Waals surface area (Å²) < 4.78 is 41.6. The van der Waals surface area contributed by atoms with Gasteiger partial charge in [0.05, 0.1) is 43.9 Å². The van der Waals surface area contributed by atoms with Crippen LogP contribution in [0.3, 0.4) is 0 Å². The van der Waals surface area contributed by atoms with Gasteiger partial charge in [-0.05, 0) is 6.07 Å². The van der Waals surface area contributed by atoms with Crippen LogP contribution in [0.15, 0.2) is 17.1 Å². The summed E-state index contributed by atoms with van der Waals surface area (Å²) in [6.07, 6.45) is 0.141. The molecule has 0 bridgehead atoms. The quantitative estimate of drug-likeness (QED) is 0.532. The van der Waals surface area contributed by atoms with E-state index >= 15 is 4.39 Å². The zero-order valence-electron chi connectivity index (χ0n) is 18.3. The number of alkyl halides is 1. The van der Waals surface area contributed by atoms with Crippen molar-refractivity contribution in [1.82, 2.24) is 9.47 Å². The summed E-state index contributed by atoms with van der Waals surface area (Å²) in [5.74, 6) is -2.05. The van der Waals surface area contributed by atoms with E-state index in [1.165, 1.54) is 11.7 Å². The van der Waals surface area contributed by atoms with Gasteiger partial charge in [0, 0.05) is 45.3 Å². The number of rotatable bonds is 9. The van der Waals surface area contributed by atoms with Crippen LogP contribution in [0.25, 0.3) is 10.9 Å². The Morgan fingerprint density at radius 2 is 1.94 bits per heavy atom. The highest BCUT2D eigenvalue weighted by molar-refractivity contribution is 5.97. The molecule has 0 spiro atoms. The number of piperazine rings is 1. The molecule has 1 saturated heterocycles. The Balaban J connectivity index is 1.70. The van der Waals surface area contributed by atoms with Gasteiger partial charge in [-0.25, -0.2) is 13.6 Å². The van der Waals surface area contributed by atoms with Crippen molar-refractivity contribution < 1.29 is 33.3 Å². The van der Waals surface area contributed by atoms with Crippen LogP contribution in [0.2, 0.25) is 0 Å². The van der Waals surface area contributed by atoms with Gasteiger partial charge in [0.25, 0.3) is 0 Å². The van der Waals surface area contributed by atoms with Crippen molar-refractivity contribution in [2.24, 2.45) is 0 Å². The first-order valence-electron chi connectivity index (χ1n) is 10.9. The van der Waals surface area contributed by atoms with Gasteiger partial charge in [0.15, 0.2) is 11.6 Å². The number of aliphatic hydroxyl groups is 1. The molecule has 2 aromatic rings. The number of ether oxygens (including phenoxy) is 2. The van der Waals surface area contributed by atoms with E-state index in [4.69, 9.17) is 14.6 Å². The third kappa shape index (κ3) is 4.53. The first kappa shape index (κ1) is 23.4. The second kappa shape index (κ2) is 9.62.